The summed E-state index contributed by atoms with van der Waals surface area (Å²) < 4.78 is 5.42. The second-order valence-corrected chi connectivity index (χ2v) is 8.24. The van der Waals surface area contributed by atoms with Gasteiger partial charge < -0.3 is 25.2 Å². The minimum Gasteiger partial charge on any atom is -0.481 e. The molecule has 0 bridgehead atoms. The molecule has 2 N–H and O–H groups in total. The first kappa shape index (κ1) is 20.7. The summed E-state index contributed by atoms with van der Waals surface area (Å²) >= 11 is 5.50. The Morgan fingerprint density at radius 3 is 2.40 bits per heavy atom. The predicted octanol–water partition coefficient (Wildman–Crippen LogP) is 3.43. The molecule has 0 spiro atoms. The van der Waals surface area contributed by atoms with Gasteiger partial charge in [-0.1, -0.05) is 37.5 Å². The zero-order valence-electron chi connectivity index (χ0n) is 17.5. The maximum atomic E-state index is 5.50. The van der Waals surface area contributed by atoms with Crippen LogP contribution < -0.4 is 25.2 Å². The average molecular weight is 427 g/mol. The summed E-state index contributed by atoms with van der Waals surface area (Å²) in [5, 5.41) is 7.14. The second-order valence-electron chi connectivity index (χ2n) is 7.84. The van der Waals surface area contributed by atoms with Crippen molar-refractivity contribution in [3.05, 3.63) is 36.4 Å². The predicted molar refractivity (Wildman–Crippen MR) is 126 cm³/mol. The molecule has 1 aliphatic carbocycles. The third-order valence-electron chi connectivity index (χ3n) is 5.79. The maximum Gasteiger partial charge on any atom is 0.234 e. The van der Waals surface area contributed by atoms with Crippen LogP contribution in [0, 0.1) is 0 Å². The van der Waals surface area contributed by atoms with Crippen molar-refractivity contribution in [1.29, 1.82) is 0 Å². The second kappa shape index (κ2) is 9.93. The number of ether oxygens (including phenoxy) is 1. The van der Waals surface area contributed by atoms with Gasteiger partial charge in [-0.05, 0) is 37.2 Å². The first-order valence-electron chi connectivity index (χ1n) is 10.8. The molecule has 0 unspecified atom stereocenters. The lowest BCUT2D eigenvalue weighted by Crippen LogP contribution is -2.47. The quantitative estimate of drug-likeness (QED) is 0.705. The molecule has 0 amide bonds. The number of rotatable bonds is 5. The monoisotopic (exact) mass is 426 g/mol. The number of nitrogens with one attached hydrogen (secondary N) is 2. The standard InChI is InChI=1S/C22H30N6OS/c1-29-20-16-19(28-14-12-27(13-15-28)18-10-6-3-7-11-18)24-21(25-20)26-22(30)23-17-8-4-2-5-9-17/h3,6-7,10-11,16-17H,2,4-5,8-9,12-15H2,1H3,(H2,23,24,25,26,30). The molecule has 30 heavy (non-hydrogen) atoms. The number of piperazine rings is 1. The van der Waals surface area contributed by atoms with Gasteiger partial charge in [0, 0.05) is 44.0 Å². The van der Waals surface area contributed by atoms with Gasteiger partial charge in [0.1, 0.15) is 5.82 Å². The molecular weight excluding hydrogens is 396 g/mol. The van der Waals surface area contributed by atoms with Gasteiger partial charge in [-0.2, -0.15) is 9.97 Å². The summed E-state index contributed by atoms with van der Waals surface area (Å²) in [6, 6.07) is 12.9. The Balaban J connectivity index is 1.39. The molecule has 2 heterocycles. The highest BCUT2D eigenvalue weighted by atomic mass is 32.1. The highest BCUT2D eigenvalue weighted by Crippen LogP contribution is 2.23. The molecule has 0 atom stereocenters. The van der Waals surface area contributed by atoms with Crippen molar-refractivity contribution < 1.29 is 4.74 Å². The normalized spacial score (nSPS) is 17.5. The first-order valence-corrected chi connectivity index (χ1v) is 11.2. The molecule has 2 aromatic rings. The molecule has 8 heteroatoms. The summed E-state index contributed by atoms with van der Waals surface area (Å²) in [5.74, 6) is 1.87. The molecule has 0 radical (unpaired) electrons. The van der Waals surface area contributed by atoms with Gasteiger partial charge in [-0.25, -0.2) is 0 Å². The van der Waals surface area contributed by atoms with E-state index in [-0.39, 0.29) is 0 Å². The van der Waals surface area contributed by atoms with E-state index >= 15 is 0 Å². The van der Waals surface area contributed by atoms with E-state index in [1.807, 2.05) is 6.07 Å². The van der Waals surface area contributed by atoms with Crippen LogP contribution in [0.25, 0.3) is 0 Å². The van der Waals surface area contributed by atoms with Crippen LogP contribution in [0.2, 0.25) is 0 Å². The smallest absolute Gasteiger partial charge is 0.234 e. The first-order chi connectivity index (χ1) is 14.7. The van der Waals surface area contributed by atoms with Crippen molar-refractivity contribution in [3.8, 4) is 5.88 Å². The summed E-state index contributed by atoms with van der Waals surface area (Å²) in [6.45, 7) is 3.67. The molecule has 1 aliphatic heterocycles. The third-order valence-corrected chi connectivity index (χ3v) is 6.01. The van der Waals surface area contributed by atoms with Gasteiger partial charge in [-0.15, -0.1) is 0 Å². The van der Waals surface area contributed by atoms with E-state index in [0.717, 1.165) is 44.8 Å². The zero-order valence-corrected chi connectivity index (χ0v) is 18.3. The SMILES string of the molecule is COc1cc(N2CCN(c3ccccc3)CC2)nc(NC(=S)NC2CCCCC2)n1. The molecule has 2 fully saturated rings. The number of hydrogen-bond donors (Lipinski definition) is 2. The topological polar surface area (TPSA) is 65.6 Å². The molecule has 160 valence electrons. The number of thiocarbonyl (C=S) groups is 1. The Labute approximate surface area is 183 Å². The van der Waals surface area contributed by atoms with Crippen LogP contribution in [0.3, 0.4) is 0 Å². The van der Waals surface area contributed by atoms with E-state index in [9.17, 15) is 0 Å². The van der Waals surface area contributed by atoms with Crippen LogP contribution in [0.4, 0.5) is 17.5 Å². The lowest BCUT2D eigenvalue weighted by molar-refractivity contribution is 0.397. The lowest BCUT2D eigenvalue weighted by Gasteiger charge is -2.36. The molecule has 1 saturated carbocycles. The maximum absolute atomic E-state index is 5.50. The zero-order chi connectivity index (χ0) is 20.8. The Morgan fingerprint density at radius 1 is 1.00 bits per heavy atom. The van der Waals surface area contributed by atoms with Crippen molar-refractivity contribution >= 4 is 34.8 Å². The Bertz CT molecular complexity index is 835. The summed E-state index contributed by atoms with van der Waals surface area (Å²) in [6.07, 6.45) is 6.16. The van der Waals surface area contributed by atoms with Crippen molar-refractivity contribution in [2.45, 2.75) is 38.1 Å². The molecule has 1 saturated heterocycles. The van der Waals surface area contributed by atoms with Crippen LogP contribution in [-0.2, 0) is 0 Å². The number of anilines is 3. The van der Waals surface area contributed by atoms with E-state index in [1.54, 1.807) is 7.11 Å². The molecule has 7 nitrogen and oxygen atoms in total. The molecule has 1 aromatic heterocycles. The third kappa shape index (κ3) is 5.30. The Kier molecular flexibility index (Phi) is 6.84. The van der Waals surface area contributed by atoms with Gasteiger partial charge >= 0.3 is 0 Å². The number of methoxy groups -OCH3 is 1. The van der Waals surface area contributed by atoms with Crippen molar-refractivity contribution in [2.75, 3.05) is 48.4 Å². The van der Waals surface area contributed by atoms with Gasteiger partial charge in [-0.3, -0.25) is 0 Å². The van der Waals surface area contributed by atoms with Crippen LogP contribution in [-0.4, -0.2) is 54.4 Å². The van der Waals surface area contributed by atoms with Crippen molar-refractivity contribution in [3.63, 3.8) is 0 Å². The average Bonchev–Trinajstić information content (AvgIpc) is 2.80. The Hall–Kier alpha value is -2.61. The van der Waals surface area contributed by atoms with Crippen molar-refractivity contribution in [1.82, 2.24) is 15.3 Å². The van der Waals surface area contributed by atoms with Crippen molar-refractivity contribution in [2.24, 2.45) is 0 Å². The summed E-state index contributed by atoms with van der Waals surface area (Å²) in [4.78, 5) is 13.8. The number of nitrogens with zero attached hydrogens (tertiary/aromatic N) is 4. The number of benzene rings is 1. The van der Waals surface area contributed by atoms with Crippen LogP contribution in [0.15, 0.2) is 36.4 Å². The number of aromatic nitrogens is 2. The fourth-order valence-corrected chi connectivity index (χ4v) is 4.40. The van der Waals surface area contributed by atoms with E-state index in [0.29, 0.717) is 23.0 Å². The van der Waals surface area contributed by atoms with Gasteiger partial charge in [0.05, 0.1) is 7.11 Å². The van der Waals surface area contributed by atoms with Gasteiger partial charge in [0.15, 0.2) is 5.11 Å². The summed E-state index contributed by atoms with van der Waals surface area (Å²) in [7, 11) is 1.63. The fourth-order valence-electron chi connectivity index (χ4n) is 4.14. The van der Waals surface area contributed by atoms with Gasteiger partial charge in [0.2, 0.25) is 11.8 Å². The van der Waals surface area contributed by atoms with E-state index in [2.05, 4.69) is 55.7 Å². The van der Waals surface area contributed by atoms with Gasteiger partial charge in [0.25, 0.3) is 0 Å². The van der Waals surface area contributed by atoms with E-state index in [4.69, 9.17) is 21.9 Å². The van der Waals surface area contributed by atoms with E-state index < -0.39 is 0 Å². The van der Waals surface area contributed by atoms with E-state index in [1.165, 1.54) is 24.9 Å². The summed E-state index contributed by atoms with van der Waals surface area (Å²) in [5.41, 5.74) is 1.26. The molecule has 4 rings (SSSR count). The number of hydrogen-bond acceptors (Lipinski definition) is 6. The van der Waals surface area contributed by atoms with Crippen LogP contribution >= 0.6 is 12.2 Å². The number of para-hydroxylation sites is 1. The van der Waals surface area contributed by atoms with Crippen LogP contribution in [0.1, 0.15) is 32.1 Å². The minimum atomic E-state index is 0.440. The lowest BCUT2D eigenvalue weighted by atomic mass is 9.96. The molecule has 2 aliphatic rings. The minimum absolute atomic E-state index is 0.440. The fraction of sp³-hybridized carbons (Fsp3) is 0.500. The molecular formula is C22H30N6OS. The van der Waals surface area contributed by atoms with Crippen LogP contribution in [0.5, 0.6) is 5.88 Å². The Morgan fingerprint density at radius 2 is 1.70 bits per heavy atom. The largest absolute Gasteiger partial charge is 0.481 e. The highest BCUT2D eigenvalue weighted by molar-refractivity contribution is 7.80. The highest BCUT2D eigenvalue weighted by Gasteiger charge is 2.20. The molecule has 1 aromatic carbocycles.